The summed E-state index contributed by atoms with van der Waals surface area (Å²) in [6.07, 6.45) is 0. The highest BCUT2D eigenvalue weighted by Gasteiger charge is 2.06. The van der Waals surface area contributed by atoms with Crippen LogP contribution in [0.1, 0.15) is 5.56 Å². The van der Waals surface area contributed by atoms with Gasteiger partial charge in [-0.2, -0.15) is 0 Å². The third-order valence-corrected chi connectivity index (χ3v) is 4.57. The summed E-state index contributed by atoms with van der Waals surface area (Å²) in [7, 11) is 0. The van der Waals surface area contributed by atoms with Gasteiger partial charge in [-0.1, -0.05) is 48.0 Å². The smallest absolute Gasteiger partial charge is 0.123 e. The van der Waals surface area contributed by atoms with E-state index in [1.807, 2.05) is 42.5 Å². The van der Waals surface area contributed by atoms with Gasteiger partial charge in [0.2, 0.25) is 0 Å². The highest BCUT2D eigenvalue weighted by atomic mass is 35.5. The van der Waals surface area contributed by atoms with Crippen LogP contribution < -0.4 is 0 Å². The largest absolute Gasteiger partial charge is 0.248 e. The molecule has 0 saturated carbocycles. The molecule has 4 aromatic rings. The average Bonchev–Trinajstić information content (AvgIpc) is 2.63. The number of nitrogens with zero attached hydrogens (tertiary/aromatic N) is 1. The van der Waals surface area contributed by atoms with Crippen LogP contribution >= 0.6 is 11.6 Å². The van der Waals surface area contributed by atoms with Gasteiger partial charge in [-0.25, -0.2) is 9.37 Å². The molecule has 0 fully saturated rings. The van der Waals surface area contributed by atoms with Gasteiger partial charge in [0.15, 0.2) is 0 Å². The number of aromatic nitrogens is 1. The zero-order valence-corrected chi connectivity index (χ0v) is 14.4. The van der Waals surface area contributed by atoms with Crippen molar-refractivity contribution in [2.24, 2.45) is 0 Å². The van der Waals surface area contributed by atoms with Gasteiger partial charge in [0.1, 0.15) is 5.82 Å². The lowest BCUT2D eigenvalue weighted by Gasteiger charge is -2.08. The van der Waals surface area contributed by atoms with Crippen LogP contribution in [0.15, 0.2) is 72.8 Å². The fourth-order valence-corrected chi connectivity index (χ4v) is 3.16. The number of hydrogen-bond donors (Lipinski definition) is 0. The summed E-state index contributed by atoms with van der Waals surface area (Å²) >= 11 is 6.08. The Kier molecular flexibility index (Phi) is 3.98. The molecule has 0 unspecified atom stereocenters. The summed E-state index contributed by atoms with van der Waals surface area (Å²) in [6.45, 7) is 2.07. The molecule has 0 bridgehead atoms. The standard InChI is InChI=1S/C22H15ClFN/c1-14-12-22(25-21-11-8-18(23)13-20(14)21)17-4-2-15(3-5-17)16-6-9-19(24)10-7-16/h2-13H,1H3. The van der Waals surface area contributed by atoms with Gasteiger partial charge in [-0.15, -0.1) is 0 Å². The predicted octanol–water partition coefficient (Wildman–Crippen LogP) is 6.67. The van der Waals surface area contributed by atoms with Crippen LogP contribution in [0, 0.1) is 12.7 Å². The van der Waals surface area contributed by atoms with Crippen LogP contribution in [-0.4, -0.2) is 4.98 Å². The predicted molar refractivity (Wildman–Crippen MR) is 102 cm³/mol. The molecule has 122 valence electrons. The maximum absolute atomic E-state index is 13.1. The van der Waals surface area contributed by atoms with E-state index in [9.17, 15) is 4.39 Å². The molecule has 3 aromatic carbocycles. The fraction of sp³-hybridized carbons (Fsp3) is 0.0455. The van der Waals surface area contributed by atoms with Crippen molar-refractivity contribution >= 4 is 22.5 Å². The fourth-order valence-electron chi connectivity index (χ4n) is 2.99. The molecule has 3 heteroatoms. The van der Waals surface area contributed by atoms with E-state index in [4.69, 9.17) is 16.6 Å². The molecular weight excluding hydrogens is 333 g/mol. The molecule has 0 aliphatic rings. The van der Waals surface area contributed by atoms with Crippen LogP contribution in [0.3, 0.4) is 0 Å². The van der Waals surface area contributed by atoms with E-state index in [2.05, 4.69) is 13.0 Å². The van der Waals surface area contributed by atoms with Crippen LogP contribution in [0.2, 0.25) is 5.02 Å². The first-order valence-electron chi connectivity index (χ1n) is 8.03. The van der Waals surface area contributed by atoms with E-state index in [1.54, 1.807) is 12.1 Å². The van der Waals surface area contributed by atoms with E-state index in [-0.39, 0.29) is 5.82 Å². The lowest BCUT2D eigenvalue weighted by molar-refractivity contribution is 0.628. The molecule has 0 N–H and O–H groups in total. The summed E-state index contributed by atoms with van der Waals surface area (Å²) in [5.41, 5.74) is 6.09. The summed E-state index contributed by atoms with van der Waals surface area (Å²) in [5, 5.41) is 1.79. The number of fused-ring (bicyclic) bond motifs is 1. The SMILES string of the molecule is Cc1cc(-c2ccc(-c3ccc(F)cc3)cc2)nc2ccc(Cl)cc12. The highest BCUT2D eigenvalue weighted by molar-refractivity contribution is 6.31. The topological polar surface area (TPSA) is 12.9 Å². The van der Waals surface area contributed by atoms with Crippen LogP contribution in [0.4, 0.5) is 4.39 Å². The number of halogens is 2. The van der Waals surface area contributed by atoms with E-state index >= 15 is 0 Å². The Morgan fingerprint density at radius 1 is 0.760 bits per heavy atom. The molecule has 1 aromatic heterocycles. The maximum Gasteiger partial charge on any atom is 0.123 e. The Morgan fingerprint density at radius 2 is 1.36 bits per heavy atom. The van der Waals surface area contributed by atoms with Gasteiger partial charge in [0, 0.05) is 16.0 Å². The zero-order chi connectivity index (χ0) is 17.4. The number of aryl methyl sites for hydroxylation is 1. The Balaban J connectivity index is 1.73. The molecular formula is C22H15ClFN. The molecule has 0 radical (unpaired) electrons. The minimum Gasteiger partial charge on any atom is -0.248 e. The van der Waals surface area contributed by atoms with E-state index < -0.39 is 0 Å². The van der Waals surface area contributed by atoms with Crippen molar-refractivity contribution in [1.29, 1.82) is 0 Å². The lowest BCUT2D eigenvalue weighted by Crippen LogP contribution is -1.89. The minimum absolute atomic E-state index is 0.226. The Bertz CT molecular complexity index is 1050. The summed E-state index contributed by atoms with van der Waals surface area (Å²) in [4.78, 5) is 4.75. The van der Waals surface area contributed by atoms with Gasteiger partial charge >= 0.3 is 0 Å². The third-order valence-electron chi connectivity index (χ3n) is 4.34. The van der Waals surface area contributed by atoms with Crippen molar-refractivity contribution in [1.82, 2.24) is 4.98 Å². The van der Waals surface area contributed by atoms with Gasteiger partial charge in [-0.3, -0.25) is 0 Å². The molecule has 0 atom stereocenters. The van der Waals surface area contributed by atoms with Crippen LogP contribution in [0.25, 0.3) is 33.3 Å². The van der Waals surface area contributed by atoms with E-state index in [1.165, 1.54) is 12.1 Å². The molecule has 1 nitrogen and oxygen atoms in total. The minimum atomic E-state index is -0.226. The first-order chi connectivity index (χ1) is 12.1. The Morgan fingerprint density at radius 3 is 2.04 bits per heavy atom. The molecule has 0 aliphatic carbocycles. The molecule has 0 spiro atoms. The lowest BCUT2D eigenvalue weighted by atomic mass is 10.0. The van der Waals surface area contributed by atoms with Crippen molar-refractivity contribution in [3.63, 3.8) is 0 Å². The van der Waals surface area contributed by atoms with E-state index in [0.717, 1.165) is 38.9 Å². The van der Waals surface area contributed by atoms with Crippen LogP contribution in [0.5, 0.6) is 0 Å². The normalized spacial score (nSPS) is 11.0. The molecule has 25 heavy (non-hydrogen) atoms. The van der Waals surface area contributed by atoms with E-state index in [0.29, 0.717) is 5.02 Å². The second-order valence-electron chi connectivity index (χ2n) is 6.07. The monoisotopic (exact) mass is 347 g/mol. The highest BCUT2D eigenvalue weighted by Crippen LogP contribution is 2.28. The van der Waals surface area contributed by atoms with Crippen molar-refractivity contribution in [3.8, 4) is 22.4 Å². The van der Waals surface area contributed by atoms with Crippen molar-refractivity contribution < 1.29 is 4.39 Å². The summed E-state index contributed by atoms with van der Waals surface area (Å²) < 4.78 is 13.1. The molecule has 1 heterocycles. The Hall–Kier alpha value is -2.71. The first-order valence-corrected chi connectivity index (χ1v) is 8.41. The first kappa shape index (κ1) is 15.8. The van der Waals surface area contributed by atoms with Crippen molar-refractivity contribution in [2.75, 3.05) is 0 Å². The molecule has 0 saturated heterocycles. The Labute approximate surface area is 150 Å². The van der Waals surface area contributed by atoms with Crippen molar-refractivity contribution in [2.45, 2.75) is 6.92 Å². The molecule has 0 amide bonds. The summed E-state index contributed by atoms with van der Waals surface area (Å²) in [6, 6.07) is 22.5. The third kappa shape index (κ3) is 3.13. The molecule has 0 aliphatic heterocycles. The van der Waals surface area contributed by atoms with Crippen LogP contribution in [-0.2, 0) is 0 Å². The second-order valence-corrected chi connectivity index (χ2v) is 6.51. The average molecular weight is 348 g/mol. The second kappa shape index (κ2) is 6.30. The van der Waals surface area contributed by atoms with Gasteiger partial charge in [0.25, 0.3) is 0 Å². The molecule has 4 rings (SSSR count). The number of rotatable bonds is 2. The zero-order valence-electron chi connectivity index (χ0n) is 13.6. The quantitative estimate of drug-likeness (QED) is 0.394. The maximum atomic E-state index is 13.1. The number of hydrogen-bond acceptors (Lipinski definition) is 1. The van der Waals surface area contributed by atoms with Gasteiger partial charge in [0.05, 0.1) is 11.2 Å². The van der Waals surface area contributed by atoms with Gasteiger partial charge in [-0.05, 0) is 60.0 Å². The van der Waals surface area contributed by atoms with Gasteiger partial charge < -0.3 is 0 Å². The summed E-state index contributed by atoms with van der Waals surface area (Å²) in [5.74, 6) is -0.226. The number of pyridine rings is 1. The van der Waals surface area contributed by atoms with Crippen molar-refractivity contribution in [3.05, 3.63) is 89.2 Å². The number of benzene rings is 3.